The molecule has 0 amide bonds. The monoisotopic (exact) mass is 250 g/mol. The SMILES string of the molecule is C=Cc1ccccc1C[Si](Cl)(Cl)Cl. The molecule has 0 spiro atoms. The molecule has 0 saturated carbocycles. The first-order chi connectivity index (χ1) is 6.03. The number of rotatable bonds is 3. The summed E-state index contributed by atoms with van der Waals surface area (Å²) in [5.41, 5.74) is 2.10. The summed E-state index contributed by atoms with van der Waals surface area (Å²) < 4.78 is 0. The van der Waals surface area contributed by atoms with Gasteiger partial charge in [-0.15, -0.1) is 33.2 Å². The molecule has 0 fully saturated rings. The van der Waals surface area contributed by atoms with Gasteiger partial charge in [0.15, 0.2) is 0 Å². The third-order valence-corrected chi connectivity index (χ3v) is 3.65. The van der Waals surface area contributed by atoms with Crippen LogP contribution in [0.1, 0.15) is 11.1 Å². The molecule has 4 heteroatoms. The van der Waals surface area contributed by atoms with Crippen molar-refractivity contribution in [3.05, 3.63) is 42.0 Å². The van der Waals surface area contributed by atoms with Gasteiger partial charge in [-0.05, 0) is 11.1 Å². The highest BCUT2D eigenvalue weighted by molar-refractivity contribution is 7.64. The van der Waals surface area contributed by atoms with Crippen LogP contribution in [0.2, 0.25) is 0 Å². The van der Waals surface area contributed by atoms with Gasteiger partial charge in [-0.1, -0.05) is 36.9 Å². The minimum Gasteiger partial charge on any atom is -0.126 e. The average molecular weight is 252 g/mol. The van der Waals surface area contributed by atoms with Gasteiger partial charge >= 0.3 is 6.00 Å². The molecule has 0 nitrogen and oxygen atoms in total. The van der Waals surface area contributed by atoms with Crippen molar-refractivity contribution in [2.45, 2.75) is 6.04 Å². The van der Waals surface area contributed by atoms with Crippen molar-refractivity contribution in [2.24, 2.45) is 0 Å². The second kappa shape index (κ2) is 4.51. The number of halogens is 3. The lowest BCUT2D eigenvalue weighted by molar-refractivity contribution is 1.37. The van der Waals surface area contributed by atoms with Crippen molar-refractivity contribution in [2.75, 3.05) is 0 Å². The Morgan fingerprint density at radius 2 is 1.85 bits per heavy atom. The highest BCUT2D eigenvalue weighted by Gasteiger charge is 2.25. The Morgan fingerprint density at radius 1 is 1.23 bits per heavy atom. The van der Waals surface area contributed by atoms with Crippen molar-refractivity contribution < 1.29 is 0 Å². The van der Waals surface area contributed by atoms with Crippen LogP contribution >= 0.6 is 33.2 Å². The van der Waals surface area contributed by atoms with Crippen molar-refractivity contribution in [3.63, 3.8) is 0 Å². The first kappa shape index (κ1) is 11.1. The molecular weight excluding hydrogens is 243 g/mol. The molecule has 0 bridgehead atoms. The summed E-state index contributed by atoms with van der Waals surface area (Å²) in [6, 6.07) is 5.78. The Morgan fingerprint density at radius 3 is 2.38 bits per heavy atom. The zero-order valence-corrected chi connectivity index (χ0v) is 10.2. The van der Waals surface area contributed by atoms with Crippen LogP contribution in [0.4, 0.5) is 0 Å². The predicted molar refractivity (Wildman–Crippen MR) is 63.6 cm³/mol. The highest BCUT2D eigenvalue weighted by Crippen LogP contribution is 2.26. The topological polar surface area (TPSA) is 0 Å². The molecule has 0 radical (unpaired) electrons. The van der Waals surface area contributed by atoms with Crippen molar-refractivity contribution in [1.29, 1.82) is 0 Å². The van der Waals surface area contributed by atoms with E-state index < -0.39 is 6.00 Å². The minimum atomic E-state index is -2.58. The lowest BCUT2D eigenvalue weighted by Gasteiger charge is -2.09. The van der Waals surface area contributed by atoms with E-state index in [-0.39, 0.29) is 0 Å². The van der Waals surface area contributed by atoms with Gasteiger partial charge in [-0.2, -0.15) is 0 Å². The maximum atomic E-state index is 5.83. The molecule has 1 rings (SSSR count). The van der Waals surface area contributed by atoms with Crippen LogP contribution in [0.3, 0.4) is 0 Å². The Hall–Kier alpha value is 0.0469. The third-order valence-electron chi connectivity index (χ3n) is 1.67. The molecule has 70 valence electrons. The Labute approximate surface area is 93.2 Å². The standard InChI is InChI=1S/C9H9Cl3Si/c1-2-8-5-3-4-6-9(8)7-13(10,11)12/h2-6H,1,7H2. The van der Waals surface area contributed by atoms with Crippen LogP contribution in [0.25, 0.3) is 6.08 Å². The third kappa shape index (κ3) is 3.73. The number of hydrogen-bond acceptors (Lipinski definition) is 0. The largest absolute Gasteiger partial charge is 0.345 e. The molecule has 0 aliphatic heterocycles. The van der Waals surface area contributed by atoms with E-state index in [2.05, 4.69) is 6.58 Å². The first-order valence-electron chi connectivity index (χ1n) is 3.80. The first-order valence-corrected chi connectivity index (χ1v) is 9.04. The fraction of sp³-hybridized carbons (Fsp3) is 0.111. The molecule has 0 aromatic heterocycles. The second-order valence-electron chi connectivity index (χ2n) is 2.69. The molecule has 0 aliphatic rings. The van der Waals surface area contributed by atoms with Crippen LogP contribution in [-0.2, 0) is 6.04 Å². The summed E-state index contributed by atoms with van der Waals surface area (Å²) >= 11 is 17.5. The van der Waals surface area contributed by atoms with Gasteiger partial charge in [0, 0.05) is 6.04 Å². The second-order valence-corrected chi connectivity index (χ2v) is 11.8. The molecule has 0 saturated heterocycles. The Kier molecular flexibility index (Phi) is 3.86. The lowest BCUT2D eigenvalue weighted by Crippen LogP contribution is -2.14. The van der Waals surface area contributed by atoms with Crippen LogP contribution in [0.15, 0.2) is 30.8 Å². The minimum absolute atomic E-state index is 0.542. The van der Waals surface area contributed by atoms with Crippen LogP contribution < -0.4 is 0 Å². The van der Waals surface area contributed by atoms with Gasteiger partial charge in [0.2, 0.25) is 0 Å². The van der Waals surface area contributed by atoms with Gasteiger partial charge in [0.25, 0.3) is 0 Å². The fourth-order valence-corrected chi connectivity index (χ4v) is 3.16. The van der Waals surface area contributed by atoms with Crippen LogP contribution in [-0.4, -0.2) is 6.00 Å². The number of hydrogen-bond donors (Lipinski definition) is 0. The van der Waals surface area contributed by atoms with E-state index in [1.165, 1.54) is 0 Å². The van der Waals surface area contributed by atoms with Gasteiger partial charge in [-0.25, -0.2) is 0 Å². The maximum Gasteiger partial charge on any atom is 0.345 e. The molecule has 0 unspecified atom stereocenters. The summed E-state index contributed by atoms with van der Waals surface area (Å²) in [5, 5.41) is 0. The molecule has 0 N–H and O–H groups in total. The van der Waals surface area contributed by atoms with Crippen LogP contribution in [0, 0.1) is 0 Å². The summed E-state index contributed by atoms with van der Waals surface area (Å²) in [4.78, 5) is 0. The Balaban J connectivity index is 2.94. The van der Waals surface area contributed by atoms with Gasteiger partial charge in [0.05, 0.1) is 0 Å². The van der Waals surface area contributed by atoms with E-state index in [4.69, 9.17) is 33.2 Å². The quantitative estimate of drug-likeness (QED) is 0.561. The van der Waals surface area contributed by atoms with E-state index in [1.54, 1.807) is 6.08 Å². The smallest absolute Gasteiger partial charge is 0.126 e. The van der Waals surface area contributed by atoms with E-state index in [0.29, 0.717) is 6.04 Å². The van der Waals surface area contributed by atoms with E-state index in [9.17, 15) is 0 Å². The highest BCUT2D eigenvalue weighted by atomic mass is 35.8. The fourth-order valence-electron chi connectivity index (χ4n) is 1.11. The summed E-state index contributed by atoms with van der Waals surface area (Å²) in [6.07, 6.45) is 1.78. The molecule has 0 heterocycles. The zero-order chi connectivity index (χ0) is 9.90. The van der Waals surface area contributed by atoms with Crippen LogP contribution in [0.5, 0.6) is 0 Å². The summed E-state index contributed by atoms with van der Waals surface area (Å²) in [7, 11) is 0. The van der Waals surface area contributed by atoms with Gasteiger partial charge in [-0.3, -0.25) is 0 Å². The zero-order valence-electron chi connectivity index (χ0n) is 6.93. The predicted octanol–water partition coefficient (Wildman–Crippen LogP) is 4.07. The van der Waals surface area contributed by atoms with Crippen molar-refractivity contribution in [1.82, 2.24) is 0 Å². The van der Waals surface area contributed by atoms with Crippen molar-refractivity contribution in [3.8, 4) is 0 Å². The maximum absolute atomic E-state index is 5.83. The normalized spacial score (nSPS) is 11.3. The van der Waals surface area contributed by atoms with E-state index in [0.717, 1.165) is 11.1 Å². The summed E-state index contributed by atoms with van der Waals surface area (Å²) in [6.45, 7) is 3.71. The van der Waals surface area contributed by atoms with Crippen molar-refractivity contribution >= 4 is 45.3 Å². The molecular formula is C9H9Cl3Si. The van der Waals surface area contributed by atoms with Gasteiger partial charge in [0.1, 0.15) is 0 Å². The molecule has 0 atom stereocenters. The molecule has 0 aliphatic carbocycles. The molecule has 1 aromatic carbocycles. The molecule has 13 heavy (non-hydrogen) atoms. The van der Waals surface area contributed by atoms with E-state index >= 15 is 0 Å². The molecule has 1 aromatic rings. The lowest BCUT2D eigenvalue weighted by atomic mass is 10.1. The number of benzene rings is 1. The Bertz CT molecular complexity index is 304. The van der Waals surface area contributed by atoms with E-state index in [1.807, 2.05) is 24.3 Å². The summed E-state index contributed by atoms with van der Waals surface area (Å²) in [5.74, 6) is 0. The average Bonchev–Trinajstić information content (AvgIpc) is 2.02. The van der Waals surface area contributed by atoms with Gasteiger partial charge < -0.3 is 0 Å².